The van der Waals surface area contributed by atoms with Crippen LogP contribution in [0.25, 0.3) is 0 Å². The molecule has 0 amide bonds. The van der Waals surface area contributed by atoms with Crippen LogP contribution in [0.2, 0.25) is 0 Å². The maximum Gasteiger partial charge on any atom is 0.343 e. The third-order valence-corrected chi connectivity index (χ3v) is 6.10. The van der Waals surface area contributed by atoms with Crippen LogP contribution in [0.1, 0.15) is 66.9 Å². The molecule has 0 radical (unpaired) electrons. The lowest BCUT2D eigenvalue weighted by Crippen LogP contribution is -2.18. The summed E-state index contributed by atoms with van der Waals surface area (Å²) in [7, 11) is 0. The molecule has 0 saturated heterocycles. The molecule has 0 bridgehead atoms. The van der Waals surface area contributed by atoms with Gasteiger partial charge in [-0.3, -0.25) is 4.79 Å². The zero-order valence-electron chi connectivity index (χ0n) is 18.2. The van der Waals surface area contributed by atoms with Crippen molar-refractivity contribution in [2.24, 2.45) is 5.92 Å². The average molecular weight is 433 g/mol. The first-order valence-electron chi connectivity index (χ1n) is 11.2. The molecule has 32 heavy (non-hydrogen) atoms. The summed E-state index contributed by atoms with van der Waals surface area (Å²) in [6.45, 7) is 2.11. The number of hydrogen-bond acceptors (Lipinski definition) is 5. The molecular formula is C27H28O5. The molecule has 1 heterocycles. The standard InChI is InChI=1S/C27H28O5/c1-2-19(15-24(29)31-17-18-9-5-3-6-10-18)23-16-22(28)26(27(30)32-23)25(21-13-14-21)20-11-7-4-8-12-20/h3-12,16,19,21,25,28H,2,13-15,17H2,1H3. The van der Waals surface area contributed by atoms with E-state index in [0.29, 0.717) is 23.7 Å². The summed E-state index contributed by atoms with van der Waals surface area (Å²) in [6.07, 6.45) is 2.69. The minimum atomic E-state index is -0.531. The average Bonchev–Trinajstić information content (AvgIpc) is 3.64. The van der Waals surface area contributed by atoms with Gasteiger partial charge in [0, 0.05) is 17.9 Å². The Labute approximate surface area is 187 Å². The lowest BCUT2D eigenvalue weighted by atomic mass is 9.87. The van der Waals surface area contributed by atoms with Gasteiger partial charge >= 0.3 is 11.6 Å². The molecule has 166 valence electrons. The molecule has 0 spiro atoms. The number of ether oxygens (including phenoxy) is 1. The Bertz CT molecular complexity index is 1100. The summed E-state index contributed by atoms with van der Waals surface area (Å²) in [5.74, 6) is -0.315. The number of hydrogen-bond donors (Lipinski definition) is 1. The second-order valence-corrected chi connectivity index (χ2v) is 8.42. The highest BCUT2D eigenvalue weighted by atomic mass is 16.5. The van der Waals surface area contributed by atoms with Gasteiger partial charge in [-0.05, 0) is 36.3 Å². The highest BCUT2D eigenvalue weighted by molar-refractivity contribution is 5.70. The van der Waals surface area contributed by atoms with Gasteiger partial charge in [0.25, 0.3) is 0 Å². The predicted molar refractivity (Wildman–Crippen MR) is 122 cm³/mol. The largest absolute Gasteiger partial charge is 0.507 e. The summed E-state index contributed by atoms with van der Waals surface area (Å²) < 4.78 is 11.0. The molecule has 1 aliphatic carbocycles. The summed E-state index contributed by atoms with van der Waals surface area (Å²) in [5.41, 5.74) is 1.69. The lowest BCUT2D eigenvalue weighted by molar-refractivity contribution is -0.145. The first-order valence-corrected chi connectivity index (χ1v) is 11.2. The zero-order valence-corrected chi connectivity index (χ0v) is 18.2. The van der Waals surface area contributed by atoms with E-state index in [1.807, 2.05) is 67.6 Å². The molecule has 3 aromatic rings. The van der Waals surface area contributed by atoms with Gasteiger partial charge in [-0.25, -0.2) is 4.79 Å². The van der Waals surface area contributed by atoms with E-state index < -0.39 is 5.63 Å². The van der Waals surface area contributed by atoms with E-state index in [9.17, 15) is 14.7 Å². The molecule has 1 saturated carbocycles. The molecule has 1 aromatic heterocycles. The van der Waals surface area contributed by atoms with E-state index in [2.05, 4.69) is 0 Å². The van der Waals surface area contributed by atoms with Gasteiger partial charge in [0.2, 0.25) is 0 Å². The first-order chi connectivity index (χ1) is 15.6. The van der Waals surface area contributed by atoms with Gasteiger partial charge < -0.3 is 14.3 Å². The number of aromatic hydroxyl groups is 1. The highest BCUT2D eigenvalue weighted by Crippen LogP contribution is 2.47. The third kappa shape index (κ3) is 5.10. The Morgan fingerprint density at radius 2 is 1.75 bits per heavy atom. The maximum atomic E-state index is 13.0. The fourth-order valence-electron chi connectivity index (χ4n) is 4.20. The minimum Gasteiger partial charge on any atom is -0.507 e. The van der Waals surface area contributed by atoms with E-state index in [4.69, 9.17) is 9.15 Å². The summed E-state index contributed by atoms with van der Waals surface area (Å²) in [5, 5.41) is 10.8. The molecule has 2 atom stereocenters. The van der Waals surface area contributed by atoms with Crippen LogP contribution >= 0.6 is 0 Å². The van der Waals surface area contributed by atoms with E-state index >= 15 is 0 Å². The Morgan fingerprint density at radius 3 is 2.34 bits per heavy atom. The normalized spacial score (nSPS) is 15.2. The van der Waals surface area contributed by atoms with Crippen LogP contribution in [0.15, 0.2) is 75.9 Å². The number of carbonyl (C=O) groups is 1. The van der Waals surface area contributed by atoms with Crippen molar-refractivity contribution in [2.75, 3.05) is 0 Å². The lowest BCUT2D eigenvalue weighted by Gasteiger charge is -2.19. The summed E-state index contributed by atoms with van der Waals surface area (Å²) in [6, 6.07) is 20.7. The van der Waals surface area contributed by atoms with Crippen LogP contribution in [0.5, 0.6) is 5.75 Å². The fourth-order valence-corrected chi connectivity index (χ4v) is 4.20. The monoisotopic (exact) mass is 432 g/mol. The Hall–Kier alpha value is -3.34. The SMILES string of the molecule is CCC(CC(=O)OCc1ccccc1)c1cc(O)c(C(c2ccccc2)C2CC2)c(=O)o1. The third-order valence-electron chi connectivity index (χ3n) is 6.10. The van der Waals surface area contributed by atoms with Crippen LogP contribution in [-0.4, -0.2) is 11.1 Å². The van der Waals surface area contributed by atoms with Crippen molar-refractivity contribution in [1.29, 1.82) is 0 Å². The Balaban J connectivity index is 1.52. The Kier molecular flexibility index (Phi) is 6.74. The fraction of sp³-hybridized carbons (Fsp3) is 0.333. The second-order valence-electron chi connectivity index (χ2n) is 8.42. The van der Waals surface area contributed by atoms with Crippen molar-refractivity contribution >= 4 is 5.97 Å². The molecule has 2 unspecified atom stereocenters. The maximum absolute atomic E-state index is 13.0. The number of benzene rings is 2. The second kappa shape index (κ2) is 9.86. The van der Waals surface area contributed by atoms with Crippen molar-refractivity contribution in [3.8, 4) is 5.75 Å². The molecule has 4 rings (SSSR count). The van der Waals surface area contributed by atoms with Crippen molar-refractivity contribution < 1.29 is 19.1 Å². The minimum absolute atomic E-state index is 0.0619. The number of rotatable bonds is 9. The van der Waals surface area contributed by atoms with Crippen molar-refractivity contribution in [1.82, 2.24) is 0 Å². The number of esters is 1. The van der Waals surface area contributed by atoms with E-state index in [-0.39, 0.29) is 36.6 Å². The molecule has 1 N–H and O–H groups in total. The van der Waals surface area contributed by atoms with Crippen LogP contribution in [0, 0.1) is 5.92 Å². The van der Waals surface area contributed by atoms with Gasteiger partial charge in [-0.1, -0.05) is 67.6 Å². The Morgan fingerprint density at radius 1 is 1.09 bits per heavy atom. The van der Waals surface area contributed by atoms with E-state index in [1.165, 1.54) is 6.07 Å². The van der Waals surface area contributed by atoms with Crippen LogP contribution < -0.4 is 5.63 Å². The molecule has 0 aliphatic heterocycles. The molecular weight excluding hydrogens is 404 g/mol. The van der Waals surface area contributed by atoms with Gasteiger partial charge in [-0.2, -0.15) is 0 Å². The smallest absolute Gasteiger partial charge is 0.343 e. The van der Waals surface area contributed by atoms with Crippen LogP contribution in [-0.2, 0) is 16.1 Å². The zero-order chi connectivity index (χ0) is 22.5. The van der Waals surface area contributed by atoms with Gasteiger partial charge in [-0.15, -0.1) is 0 Å². The highest BCUT2D eigenvalue weighted by Gasteiger charge is 2.37. The van der Waals surface area contributed by atoms with Gasteiger partial charge in [0.15, 0.2) is 0 Å². The van der Waals surface area contributed by atoms with E-state index in [0.717, 1.165) is 24.0 Å². The van der Waals surface area contributed by atoms with Crippen molar-refractivity contribution in [3.05, 3.63) is 99.6 Å². The molecule has 5 nitrogen and oxygen atoms in total. The quantitative estimate of drug-likeness (QED) is 0.451. The van der Waals surface area contributed by atoms with Crippen LogP contribution in [0.4, 0.5) is 0 Å². The van der Waals surface area contributed by atoms with Gasteiger partial charge in [0.05, 0.1) is 12.0 Å². The molecule has 1 aliphatic rings. The molecule has 2 aromatic carbocycles. The topological polar surface area (TPSA) is 76.7 Å². The van der Waals surface area contributed by atoms with E-state index in [1.54, 1.807) is 0 Å². The summed E-state index contributed by atoms with van der Waals surface area (Å²) >= 11 is 0. The van der Waals surface area contributed by atoms with Gasteiger partial charge in [0.1, 0.15) is 18.1 Å². The first kappa shape index (κ1) is 21.9. The molecule has 1 fully saturated rings. The summed E-state index contributed by atoms with van der Waals surface area (Å²) in [4.78, 5) is 25.4. The van der Waals surface area contributed by atoms with Crippen molar-refractivity contribution in [2.45, 2.75) is 51.0 Å². The number of carbonyl (C=O) groups excluding carboxylic acids is 1. The predicted octanol–water partition coefficient (Wildman–Crippen LogP) is 5.51. The van der Waals surface area contributed by atoms with Crippen molar-refractivity contribution in [3.63, 3.8) is 0 Å². The van der Waals surface area contributed by atoms with Crippen LogP contribution in [0.3, 0.4) is 0 Å². The molecule has 5 heteroatoms.